The van der Waals surface area contributed by atoms with Gasteiger partial charge in [0.15, 0.2) is 5.76 Å². The Balaban J connectivity index is 2.00. The lowest BCUT2D eigenvalue weighted by atomic mass is 10.0. The van der Waals surface area contributed by atoms with Crippen LogP contribution < -0.4 is 9.47 Å². The molecule has 0 radical (unpaired) electrons. The number of Topliss-reactive ketones (excluding diaryl/α,β-unsaturated/α-hetero) is 1. The molecule has 0 saturated carbocycles. The van der Waals surface area contributed by atoms with E-state index in [1.165, 1.54) is 6.92 Å². The number of carbonyl (C=O) groups is 2. The Labute approximate surface area is 141 Å². The molecule has 0 amide bonds. The van der Waals surface area contributed by atoms with Crippen molar-refractivity contribution in [1.82, 2.24) is 0 Å². The summed E-state index contributed by atoms with van der Waals surface area (Å²) in [7, 11) is 0. The average molecular weight is 373 g/mol. The van der Waals surface area contributed by atoms with E-state index in [0.29, 0.717) is 22.6 Å². The molecular weight excluding hydrogens is 360 g/mol. The molecule has 0 spiro atoms. The summed E-state index contributed by atoms with van der Waals surface area (Å²) in [6.07, 6.45) is 1.69. The van der Waals surface area contributed by atoms with Gasteiger partial charge in [0.05, 0.1) is 5.56 Å². The number of ketones is 1. The molecule has 1 aliphatic heterocycles. The zero-order chi connectivity index (χ0) is 16.6. The Morgan fingerprint density at radius 3 is 2.70 bits per heavy atom. The summed E-state index contributed by atoms with van der Waals surface area (Å²) in [5, 5.41) is 0. The second kappa shape index (κ2) is 6.01. The Morgan fingerprint density at radius 2 is 2.00 bits per heavy atom. The fraction of sp³-hybridized carbons (Fsp3) is 0.111. The van der Waals surface area contributed by atoms with Gasteiger partial charge in [-0.3, -0.25) is 9.59 Å². The monoisotopic (exact) mass is 372 g/mol. The van der Waals surface area contributed by atoms with Gasteiger partial charge in [-0.25, -0.2) is 0 Å². The summed E-state index contributed by atoms with van der Waals surface area (Å²) < 4.78 is 11.6. The number of hydrogen-bond donors (Lipinski definition) is 0. The van der Waals surface area contributed by atoms with E-state index in [4.69, 9.17) is 9.47 Å². The van der Waals surface area contributed by atoms with Crippen LogP contribution in [-0.2, 0) is 4.79 Å². The molecule has 5 heteroatoms. The quantitative estimate of drug-likeness (QED) is 0.448. The average Bonchev–Trinajstić information content (AvgIpc) is 2.77. The first kappa shape index (κ1) is 15.5. The molecule has 4 nitrogen and oxygen atoms in total. The SMILES string of the molecule is CC(=O)Oc1cc(C)c2c(c1)O/C(=C\c1ccccc1Br)C2=O. The minimum atomic E-state index is -0.419. The van der Waals surface area contributed by atoms with Gasteiger partial charge >= 0.3 is 5.97 Å². The van der Waals surface area contributed by atoms with E-state index < -0.39 is 5.97 Å². The van der Waals surface area contributed by atoms with Gasteiger partial charge in [-0.1, -0.05) is 34.1 Å². The van der Waals surface area contributed by atoms with Gasteiger partial charge in [0.25, 0.3) is 0 Å². The summed E-state index contributed by atoms with van der Waals surface area (Å²) in [4.78, 5) is 23.6. The van der Waals surface area contributed by atoms with E-state index in [1.54, 1.807) is 25.1 Å². The molecule has 0 fully saturated rings. The highest BCUT2D eigenvalue weighted by Crippen LogP contribution is 2.38. The highest BCUT2D eigenvalue weighted by Gasteiger charge is 2.30. The summed E-state index contributed by atoms with van der Waals surface area (Å²) in [5.74, 6) is 0.420. The predicted molar refractivity (Wildman–Crippen MR) is 89.6 cm³/mol. The standard InChI is InChI=1S/C18H13BrO4/c1-10-7-13(22-11(2)20)9-15-17(10)18(21)16(23-15)8-12-5-3-4-6-14(12)19/h3-9H,1-2H3/b16-8-. The molecule has 23 heavy (non-hydrogen) atoms. The highest BCUT2D eigenvalue weighted by molar-refractivity contribution is 9.10. The first-order chi connectivity index (χ1) is 11.0. The van der Waals surface area contributed by atoms with E-state index in [0.717, 1.165) is 10.0 Å². The zero-order valence-electron chi connectivity index (χ0n) is 12.6. The van der Waals surface area contributed by atoms with Crippen LogP contribution in [0.5, 0.6) is 11.5 Å². The number of allylic oxidation sites excluding steroid dienone is 1. The Morgan fingerprint density at radius 1 is 1.26 bits per heavy atom. The van der Waals surface area contributed by atoms with Crippen molar-refractivity contribution < 1.29 is 19.1 Å². The van der Waals surface area contributed by atoms with Crippen molar-refractivity contribution in [2.24, 2.45) is 0 Å². The lowest BCUT2D eigenvalue weighted by Gasteiger charge is -2.05. The number of aryl methyl sites for hydroxylation is 1. The molecule has 0 saturated heterocycles. The van der Waals surface area contributed by atoms with Crippen molar-refractivity contribution in [2.45, 2.75) is 13.8 Å². The van der Waals surface area contributed by atoms with Crippen LogP contribution >= 0.6 is 15.9 Å². The molecule has 3 rings (SSSR count). The molecule has 0 unspecified atom stereocenters. The number of rotatable bonds is 2. The van der Waals surface area contributed by atoms with Crippen LogP contribution in [-0.4, -0.2) is 11.8 Å². The van der Waals surface area contributed by atoms with Crippen molar-refractivity contribution in [2.75, 3.05) is 0 Å². The van der Waals surface area contributed by atoms with Crippen LogP contribution in [0.2, 0.25) is 0 Å². The highest BCUT2D eigenvalue weighted by atomic mass is 79.9. The minimum absolute atomic E-state index is 0.178. The van der Waals surface area contributed by atoms with Gasteiger partial charge in [0, 0.05) is 17.5 Å². The molecule has 2 aromatic carbocycles. The molecule has 0 bridgehead atoms. The number of fused-ring (bicyclic) bond motifs is 1. The van der Waals surface area contributed by atoms with Crippen molar-refractivity contribution in [3.8, 4) is 11.5 Å². The van der Waals surface area contributed by atoms with E-state index in [-0.39, 0.29) is 11.5 Å². The summed E-state index contributed by atoms with van der Waals surface area (Å²) in [5.41, 5.74) is 2.06. The van der Waals surface area contributed by atoms with Gasteiger partial charge in [0.1, 0.15) is 11.5 Å². The molecule has 0 aromatic heterocycles. The molecule has 0 atom stereocenters. The smallest absolute Gasteiger partial charge is 0.308 e. The molecular formula is C18H13BrO4. The van der Waals surface area contributed by atoms with E-state index in [2.05, 4.69) is 15.9 Å². The van der Waals surface area contributed by atoms with Crippen molar-refractivity contribution in [3.63, 3.8) is 0 Å². The number of carbonyl (C=O) groups excluding carboxylic acids is 2. The molecule has 1 heterocycles. The van der Waals surface area contributed by atoms with Gasteiger partial charge < -0.3 is 9.47 Å². The molecule has 0 N–H and O–H groups in total. The molecule has 0 aliphatic carbocycles. The fourth-order valence-electron chi connectivity index (χ4n) is 2.44. The number of halogens is 1. The Bertz CT molecular complexity index is 852. The first-order valence-corrected chi connectivity index (χ1v) is 7.77. The number of esters is 1. The van der Waals surface area contributed by atoms with Crippen molar-refractivity contribution in [1.29, 1.82) is 0 Å². The summed E-state index contributed by atoms with van der Waals surface area (Å²) >= 11 is 3.44. The number of hydrogen-bond acceptors (Lipinski definition) is 4. The zero-order valence-corrected chi connectivity index (χ0v) is 14.1. The molecule has 2 aromatic rings. The maximum atomic E-state index is 12.6. The van der Waals surface area contributed by atoms with Crippen LogP contribution in [0.4, 0.5) is 0 Å². The molecule has 1 aliphatic rings. The third kappa shape index (κ3) is 3.05. The Hall–Kier alpha value is -2.40. The topological polar surface area (TPSA) is 52.6 Å². The van der Waals surface area contributed by atoms with Gasteiger partial charge in [0.2, 0.25) is 5.78 Å². The minimum Gasteiger partial charge on any atom is -0.452 e. The van der Waals surface area contributed by atoms with E-state index in [9.17, 15) is 9.59 Å². The lowest BCUT2D eigenvalue weighted by Crippen LogP contribution is -2.02. The third-order valence-corrected chi connectivity index (χ3v) is 4.12. The maximum Gasteiger partial charge on any atom is 0.308 e. The fourth-order valence-corrected chi connectivity index (χ4v) is 2.83. The normalized spacial score (nSPS) is 14.6. The van der Waals surface area contributed by atoms with E-state index in [1.807, 2.05) is 24.3 Å². The largest absolute Gasteiger partial charge is 0.452 e. The number of ether oxygens (including phenoxy) is 2. The second-order valence-electron chi connectivity index (χ2n) is 5.17. The van der Waals surface area contributed by atoms with Crippen molar-refractivity contribution in [3.05, 3.63) is 63.3 Å². The third-order valence-electron chi connectivity index (χ3n) is 3.40. The van der Waals surface area contributed by atoms with Gasteiger partial charge in [-0.05, 0) is 36.3 Å². The van der Waals surface area contributed by atoms with Crippen molar-refractivity contribution >= 4 is 33.8 Å². The van der Waals surface area contributed by atoms with Gasteiger partial charge in [-0.2, -0.15) is 0 Å². The predicted octanol–water partition coefficient (Wildman–Crippen LogP) is 4.30. The van der Waals surface area contributed by atoms with E-state index >= 15 is 0 Å². The maximum absolute atomic E-state index is 12.6. The van der Waals surface area contributed by atoms with Crippen LogP contribution in [0, 0.1) is 6.92 Å². The van der Waals surface area contributed by atoms with Crippen LogP contribution in [0.25, 0.3) is 6.08 Å². The van der Waals surface area contributed by atoms with Gasteiger partial charge in [-0.15, -0.1) is 0 Å². The summed E-state index contributed by atoms with van der Waals surface area (Å²) in [6, 6.07) is 10.8. The number of benzene rings is 2. The van der Waals surface area contributed by atoms with Crippen LogP contribution in [0.3, 0.4) is 0 Å². The second-order valence-corrected chi connectivity index (χ2v) is 6.02. The Kier molecular flexibility index (Phi) is 4.05. The first-order valence-electron chi connectivity index (χ1n) is 6.97. The summed E-state index contributed by atoms with van der Waals surface area (Å²) in [6.45, 7) is 3.11. The lowest BCUT2D eigenvalue weighted by molar-refractivity contribution is -0.131. The van der Waals surface area contributed by atoms with Crippen LogP contribution in [0.1, 0.15) is 28.4 Å². The molecule has 116 valence electrons. The van der Waals surface area contributed by atoms with Crippen LogP contribution in [0.15, 0.2) is 46.6 Å².